The molecule has 0 radical (unpaired) electrons. The lowest BCUT2D eigenvalue weighted by Gasteiger charge is -2.26. The molecule has 1 saturated heterocycles. The zero-order valence-corrected chi connectivity index (χ0v) is 13.1. The van der Waals surface area contributed by atoms with Gasteiger partial charge in [0.05, 0.1) is 6.04 Å². The van der Waals surface area contributed by atoms with Crippen LogP contribution in [0.2, 0.25) is 10.0 Å². The number of nitrogens with zero attached hydrogens (tertiary/aromatic N) is 1. The Kier molecular flexibility index (Phi) is 4.57. The molecule has 0 N–H and O–H groups in total. The molecule has 1 amide bonds. The molecular weight excluding hydrogens is 337 g/mol. The van der Waals surface area contributed by atoms with Crippen LogP contribution in [0.1, 0.15) is 24.9 Å². The predicted molar refractivity (Wildman–Crippen MR) is 78.5 cm³/mol. The summed E-state index contributed by atoms with van der Waals surface area (Å²) in [5.41, 5.74) is 0.949. The van der Waals surface area contributed by atoms with Gasteiger partial charge in [0.2, 0.25) is 5.91 Å². The van der Waals surface area contributed by atoms with Crippen LogP contribution in [0.5, 0.6) is 0 Å². The molecule has 2 atom stereocenters. The van der Waals surface area contributed by atoms with Crippen LogP contribution in [0.15, 0.2) is 18.2 Å². The van der Waals surface area contributed by atoms with Crippen LogP contribution in [0, 0.1) is 5.92 Å². The van der Waals surface area contributed by atoms with E-state index >= 15 is 0 Å². The van der Waals surface area contributed by atoms with Crippen LogP contribution < -0.4 is 0 Å². The van der Waals surface area contributed by atoms with Crippen LogP contribution in [0.25, 0.3) is 0 Å². The van der Waals surface area contributed by atoms with Gasteiger partial charge < -0.3 is 4.90 Å². The number of hydrogen-bond acceptors (Lipinski definition) is 1. The Hall–Kier alpha value is -0.250. The molecule has 0 spiro atoms. The lowest BCUT2D eigenvalue weighted by molar-refractivity contribution is -0.129. The van der Waals surface area contributed by atoms with Gasteiger partial charge in [-0.1, -0.05) is 45.2 Å². The molecule has 1 aliphatic rings. The van der Waals surface area contributed by atoms with E-state index in [1.807, 2.05) is 24.0 Å². The van der Waals surface area contributed by atoms with E-state index in [0.717, 1.165) is 17.4 Å². The first-order valence-corrected chi connectivity index (χ1v) is 7.71. The van der Waals surface area contributed by atoms with E-state index in [9.17, 15) is 4.79 Å². The predicted octanol–water partition coefficient (Wildman–Crippen LogP) is 4.30. The van der Waals surface area contributed by atoms with Gasteiger partial charge in [-0.3, -0.25) is 4.79 Å². The van der Waals surface area contributed by atoms with Crippen LogP contribution in [0.4, 0.5) is 0 Å². The summed E-state index contributed by atoms with van der Waals surface area (Å²) in [6.07, 6.45) is 0.612. The topological polar surface area (TPSA) is 20.3 Å². The Morgan fingerprint density at radius 2 is 2.22 bits per heavy atom. The maximum absolute atomic E-state index is 12.0. The summed E-state index contributed by atoms with van der Waals surface area (Å²) in [6.45, 7) is 2.79. The molecule has 1 aliphatic heterocycles. The van der Waals surface area contributed by atoms with Crippen molar-refractivity contribution in [3.63, 3.8) is 0 Å². The van der Waals surface area contributed by atoms with Crippen molar-refractivity contribution >= 4 is 45.0 Å². The van der Waals surface area contributed by atoms with Crippen molar-refractivity contribution < 1.29 is 4.79 Å². The molecule has 1 heterocycles. The lowest BCUT2D eigenvalue weighted by atomic mass is 10.1. The van der Waals surface area contributed by atoms with E-state index < -0.39 is 0 Å². The highest BCUT2D eigenvalue weighted by atomic mass is 79.9. The van der Waals surface area contributed by atoms with E-state index in [-0.39, 0.29) is 11.9 Å². The number of hydrogen-bond donors (Lipinski definition) is 0. The first kappa shape index (κ1) is 14.2. The van der Waals surface area contributed by atoms with Crippen molar-refractivity contribution in [2.45, 2.75) is 19.4 Å². The van der Waals surface area contributed by atoms with Crippen molar-refractivity contribution in [3.05, 3.63) is 33.8 Å². The molecule has 1 aromatic rings. The SMILES string of the molecule is CC(c1ccc(Cl)cc1Cl)N1CC(CBr)CC1=O. The van der Waals surface area contributed by atoms with Gasteiger partial charge in [-0.25, -0.2) is 0 Å². The second-order valence-electron chi connectivity index (χ2n) is 4.61. The van der Waals surface area contributed by atoms with Crippen molar-refractivity contribution in [2.75, 3.05) is 11.9 Å². The first-order valence-electron chi connectivity index (χ1n) is 5.83. The standard InChI is InChI=1S/C13H14BrCl2NO/c1-8(11-3-2-10(15)5-12(11)16)17-7-9(6-14)4-13(17)18/h2-3,5,8-9H,4,6-7H2,1H3. The van der Waals surface area contributed by atoms with E-state index in [1.165, 1.54) is 0 Å². The molecule has 18 heavy (non-hydrogen) atoms. The van der Waals surface area contributed by atoms with Crippen molar-refractivity contribution in [2.24, 2.45) is 5.92 Å². The Bertz CT molecular complexity index is 466. The number of carbonyl (C=O) groups is 1. The van der Waals surface area contributed by atoms with Crippen molar-refractivity contribution in [1.82, 2.24) is 4.90 Å². The first-order chi connectivity index (χ1) is 8.52. The summed E-state index contributed by atoms with van der Waals surface area (Å²) in [5, 5.41) is 2.09. The van der Waals surface area contributed by atoms with Crippen LogP contribution in [-0.4, -0.2) is 22.7 Å². The maximum Gasteiger partial charge on any atom is 0.223 e. The van der Waals surface area contributed by atoms with Gasteiger partial charge in [0.1, 0.15) is 0 Å². The third-order valence-corrected chi connectivity index (χ3v) is 4.81. The number of carbonyl (C=O) groups excluding carboxylic acids is 1. The number of likely N-dealkylation sites (tertiary alicyclic amines) is 1. The quantitative estimate of drug-likeness (QED) is 0.744. The Morgan fingerprint density at radius 3 is 2.78 bits per heavy atom. The lowest BCUT2D eigenvalue weighted by Crippen LogP contribution is -2.28. The largest absolute Gasteiger partial charge is 0.336 e. The maximum atomic E-state index is 12.0. The van der Waals surface area contributed by atoms with E-state index in [2.05, 4.69) is 15.9 Å². The molecule has 1 aromatic carbocycles. The Labute approximate surface area is 125 Å². The van der Waals surface area contributed by atoms with Gasteiger partial charge in [0.25, 0.3) is 0 Å². The number of alkyl halides is 1. The molecular formula is C13H14BrCl2NO. The minimum atomic E-state index is -0.00804. The number of halogens is 3. The average Bonchev–Trinajstić information content (AvgIpc) is 2.70. The van der Waals surface area contributed by atoms with Crippen LogP contribution in [0.3, 0.4) is 0 Å². The van der Waals surface area contributed by atoms with E-state index in [1.54, 1.807) is 6.07 Å². The van der Waals surface area contributed by atoms with Gasteiger partial charge >= 0.3 is 0 Å². The average molecular weight is 351 g/mol. The minimum absolute atomic E-state index is 0.00804. The zero-order valence-electron chi connectivity index (χ0n) is 10.00. The molecule has 98 valence electrons. The second-order valence-corrected chi connectivity index (χ2v) is 6.10. The van der Waals surface area contributed by atoms with Gasteiger partial charge in [-0.05, 0) is 30.5 Å². The molecule has 0 bridgehead atoms. The van der Waals surface area contributed by atoms with E-state index in [4.69, 9.17) is 23.2 Å². The van der Waals surface area contributed by atoms with Crippen molar-refractivity contribution in [1.29, 1.82) is 0 Å². The van der Waals surface area contributed by atoms with Gasteiger partial charge in [-0.15, -0.1) is 0 Å². The highest BCUT2D eigenvalue weighted by Crippen LogP contribution is 2.33. The third kappa shape index (κ3) is 2.84. The summed E-state index contributed by atoms with van der Waals surface area (Å²) in [4.78, 5) is 13.9. The minimum Gasteiger partial charge on any atom is -0.336 e. The van der Waals surface area contributed by atoms with Crippen LogP contribution >= 0.6 is 39.1 Å². The summed E-state index contributed by atoms with van der Waals surface area (Å²) in [6, 6.07) is 5.41. The monoisotopic (exact) mass is 349 g/mol. The number of benzene rings is 1. The molecule has 0 saturated carbocycles. The molecule has 2 nitrogen and oxygen atoms in total. The fourth-order valence-corrected chi connectivity index (χ4v) is 3.29. The highest BCUT2D eigenvalue weighted by Gasteiger charge is 2.33. The zero-order chi connectivity index (χ0) is 13.3. The molecule has 0 aromatic heterocycles. The number of rotatable bonds is 3. The Morgan fingerprint density at radius 1 is 1.50 bits per heavy atom. The molecule has 0 aliphatic carbocycles. The van der Waals surface area contributed by atoms with Crippen molar-refractivity contribution in [3.8, 4) is 0 Å². The molecule has 1 fully saturated rings. The normalized spacial score (nSPS) is 21.4. The number of amides is 1. The molecule has 5 heteroatoms. The van der Waals surface area contributed by atoms with Gasteiger partial charge in [-0.2, -0.15) is 0 Å². The summed E-state index contributed by atoms with van der Waals surface area (Å²) in [7, 11) is 0. The summed E-state index contributed by atoms with van der Waals surface area (Å²) >= 11 is 15.5. The fourth-order valence-electron chi connectivity index (χ4n) is 2.29. The smallest absolute Gasteiger partial charge is 0.223 e. The summed E-state index contributed by atoms with van der Waals surface area (Å²) < 4.78 is 0. The second kappa shape index (κ2) is 5.81. The fraction of sp³-hybridized carbons (Fsp3) is 0.462. The summed E-state index contributed by atoms with van der Waals surface area (Å²) in [5.74, 6) is 0.587. The molecule has 2 unspecified atom stereocenters. The Balaban J connectivity index is 2.21. The molecule has 2 rings (SSSR count). The van der Waals surface area contributed by atoms with Gasteiger partial charge in [0.15, 0.2) is 0 Å². The highest BCUT2D eigenvalue weighted by molar-refractivity contribution is 9.09. The third-order valence-electron chi connectivity index (χ3n) is 3.34. The van der Waals surface area contributed by atoms with E-state index in [0.29, 0.717) is 22.4 Å². The van der Waals surface area contributed by atoms with Gasteiger partial charge in [0, 0.05) is 28.3 Å². The van der Waals surface area contributed by atoms with Crippen LogP contribution in [-0.2, 0) is 4.79 Å².